The fourth-order valence-electron chi connectivity index (χ4n) is 2.34. The van der Waals surface area contributed by atoms with Crippen LogP contribution in [-0.4, -0.2) is 35.0 Å². The van der Waals surface area contributed by atoms with Gasteiger partial charge in [-0.1, -0.05) is 18.2 Å². The van der Waals surface area contributed by atoms with Gasteiger partial charge in [0, 0.05) is 19.5 Å². The quantitative estimate of drug-likeness (QED) is 0.885. The summed E-state index contributed by atoms with van der Waals surface area (Å²) in [4.78, 5) is 24.9. The number of nitrogens with zero attached hydrogens (tertiary/aromatic N) is 1. The number of aromatic carboxylic acids is 1. The molecule has 0 saturated heterocycles. The van der Waals surface area contributed by atoms with Crippen molar-refractivity contribution in [2.45, 2.75) is 38.1 Å². The van der Waals surface area contributed by atoms with E-state index < -0.39 is 5.97 Å². The molecule has 1 saturated carbocycles. The van der Waals surface area contributed by atoms with Crippen LogP contribution in [0.25, 0.3) is 0 Å². The van der Waals surface area contributed by atoms with Crippen molar-refractivity contribution in [3.8, 4) is 0 Å². The van der Waals surface area contributed by atoms with Gasteiger partial charge in [-0.05, 0) is 37.3 Å². The lowest BCUT2D eigenvalue weighted by Crippen LogP contribution is -2.41. The highest BCUT2D eigenvalue weighted by Crippen LogP contribution is 2.24. The third-order valence-corrected chi connectivity index (χ3v) is 3.87. The number of amides is 1. The summed E-state index contributed by atoms with van der Waals surface area (Å²) in [5, 5.41) is 9.08. The lowest BCUT2D eigenvalue weighted by atomic mass is 9.91. The summed E-state index contributed by atoms with van der Waals surface area (Å²) in [7, 11) is 1.84. The molecule has 0 atom stereocenters. The van der Waals surface area contributed by atoms with Crippen LogP contribution in [0.15, 0.2) is 24.3 Å². The number of hydrogen-bond donors (Lipinski definition) is 1. The molecule has 0 radical (unpaired) electrons. The van der Waals surface area contributed by atoms with Crippen molar-refractivity contribution in [3.05, 3.63) is 35.4 Å². The van der Waals surface area contributed by atoms with Gasteiger partial charge in [-0.25, -0.2) is 4.79 Å². The maximum absolute atomic E-state index is 12.0. The second kappa shape index (κ2) is 5.87. The summed E-state index contributed by atoms with van der Waals surface area (Å²) in [6.07, 6.45) is 4.24. The van der Waals surface area contributed by atoms with Gasteiger partial charge < -0.3 is 10.0 Å². The summed E-state index contributed by atoms with van der Waals surface area (Å²) in [5.74, 6) is -0.833. The molecule has 0 heterocycles. The van der Waals surface area contributed by atoms with Gasteiger partial charge in [0.1, 0.15) is 0 Å². The van der Waals surface area contributed by atoms with Crippen LogP contribution in [0.4, 0.5) is 0 Å². The van der Waals surface area contributed by atoms with E-state index in [1.165, 1.54) is 6.42 Å². The van der Waals surface area contributed by atoms with Crippen molar-refractivity contribution >= 4 is 11.9 Å². The van der Waals surface area contributed by atoms with Crippen LogP contribution in [0, 0.1) is 0 Å². The number of rotatable bonds is 5. The number of carboxylic acid groups (broad SMARTS) is 1. The number of carbonyl (C=O) groups excluding carboxylic acids is 1. The third-order valence-electron chi connectivity index (χ3n) is 3.87. The molecule has 19 heavy (non-hydrogen) atoms. The number of carboxylic acids is 1. The molecular formula is C15H19NO3. The lowest BCUT2D eigenvalue weighted by Gasteiger charge is -2.34. The average Bonchev–Trinajstić information content (AvgIpc) is 2.34. The monoisotopic (exact) mass is 261 g/mol. The zero-order valence-corrected chi connectivity index (χ0v) is 11.1. The van der Waals surface area contributed by atoms with Gasteiger partial charge in [-0.2, -0.15) is 0 Å². The normalized spacial score (nSPS) is 14.8. The maximum atomic E-state index is 12.0. The molecule has 1 amide bonds. The zero-order valence-electron chi connectivity index (χ0n) is 11.1. The molecule has 1 aliphatic rings. The first-order valence-electron chi connectivity index (χ1n) is 6.66. The minimum atomic E-state index is -0.935. The average molecular weight is 261 g/mol. The highest BCUT2D eigenvalue weighted by Gasteiger charge is 2.25. The Balaban J connectivity index is 1.94. The Morgan fingerprint density at radius 2 is 2.00 bits per heavy atom. The summed E-state index contributed by atoms with van der Waals surface area (Å²) in [6, 6.07) is 7.26. The molecule has 0 aromatic heterocycles. The van der Waals surface area contributed by atoms with Gasteiger partial charge in [-0.15, -0.1) is 0 Å². The Kier molecular flexibility index (Phi) is 4.20. The molecule has 1 aromatic carbocycles. The van der Waals surface area contributed by atoms with Gasteiger partial charge in [0.25, 0.3) is 0 Å². The first kappa shape index (κ1) is 13.6. The van der Waals surface area contributed by atoms with Gasteiger partial charge in [0.05, 0.1) is 5.56 Å². The summed E-state index contributed by atoms with van der Waals surface area (Å²) in [6.45, 7) is 0. The van der Waals surface area contributed by atoms with E-state index in [1.807, 2.05) is 18.0 Å². The number of benzene rings is 1. The first-order valence-corrected chi connectivity index (χ1v) is 6.66. The first-order chi connectivity index (χ1) is 9.09. The van der Waals surface area contributed by atoms with E-state index in [4.69, 9.17) is 5.11 Å². The van der Waals surface area contributed by atoms with Crippen LogP contribution in [0.2, 0.25) is 0 Å². The smallest absolute Gasteiger partial charge is 0.335 e. The van der Waals surface area contributed by atoms with Crippen molar-refractivity contribution in [1.82, 2.24) is 4.90 Å². The number of hydrogen-bond acceptors (Lipinski definition) is 2. The molecular weight excluding hydrogens is 242 g/mol. The van der Waals surface area contributed by atoms with E-state index in [9.17, 15) is 9.59 Å². The maximum Gasteiger partial charge on any atom is 0.335 e. The highest BCUT2D eigenvalue weighted by atomic mass is 16.4. The number of aryl methyl sites for hydroxylation is 1. The highest BCUT2D eigenvalue weighted by molar-refractivity contribution is 5.89. The second-order valence-corrected chi connectivity index (χ2v) is 5.05. The fraction of sp³-hybridized carbons (Fsp3) is 0.467. The lowest BCUT2D eigenvalue weighted by molar-refractivity contribution is -0.133. The predicted molar refractivity (Wildman–Crippen MR) is 72.1 cm³/mol. The number of carbonyl (C=O) groups is 2. The van der Waals surface area contributed by atoms with E-state index in [2.05, 4.69) is 0 Å². The Bertz CT molecular complexity index is 480. The summed E-state index contributed by atoms with van der Waals surface area (Å²) < 4.78 is 0. The largest absolute Gasteiger partial charge is 0.478 e. The molecule has 1 aromatic rings. The molecule has 1 fully saturated rings. The molecule has 0 spiro atoms. The Hall–Kier alpha value is -1.84. The standard InChI is InChI=1S/C15H19NO3/c1-16(12-6-4-7-12)14(17)10-9-11-5-2-3-8-13(11)15(18)19/h2-3,5,8,12H,4,6-7,9-10H2,1H3,(H,18,19). The molecule has 1 aliphatic carbocycles. The molecule has 1 N–H and O–H groups in total. The third kappa shape index (κ3) is 3.13. The molecule has 0 bridgehead atoms. The van der Waals surface area contributed by atoms with E-state index >= 15 is 0 Å². The van der Waals surface area contributed by atoms with E-state index in [0.29, 0.717) is 24.4 Å². The van der Waals surface area contributed by atoms with Crippen LogP contribution in [0.1, 0.15) is 41.6 Å². The van der Waals surface area contributed by atoms with Crippen molar-refractivity contribution in [2.24, 2.45) is 0 Å². The van der Waals surface area contributed by atoms with Crippen molar-refractivity contribution in [1.29, 1.82) is 0 Å². The second-order valence-electron chi connectivity index (χ2n) is 5.05. The molecule has 102 valence electrons. The van der Waals surface area contributed by atoms with E-state index in [1.54, 1.807) is 18.2 Å². The van der Waals surface area contributed by atoms with E-state index in [-0.39, 0.29) is 5.91 Å². The van der Waals surface area contributed by atoms with Gasteiger partial charge in [-0.3, -0.25) is 4.79 Å². The van der Waals surface area contributed by atoms with Crippen molar-refractivity contribution < 1.29 is 14.7 Å². The van der Waals surface area contributed by atoms with Gasteiger partial charge in [0.15, 0.2) is 0 Å². The van der Waals surface area contributed by atoms with Crippen molar-refractivity contribution in [2.75, 3.05) is 7.05 Å². The van der Waals surface area contributed by atoms with Gasteiger partial charge >= 0.3 is 5.97 Å². The minimum absolute atomic E-state index is 0.102. The molecule has 4 heteroatoms. The molecule has 2 rings (SSSR count). The van der Waals surface area contributed by atoms with Crippen molar-refractivity contribution in [3.63, 3.8) is 0 Å². The zero-order chi connectivity index (χ0) is 13.8. The van der Waals surface area contributed by atoms with Crippen LogP contribution < -0.4 is 0 Å². The molecule has 0 aliphatic heterocycles. The van der Waals surface area contributed by atoms with Crippen LogP contribution in [-0.2, 0) is 11.2 Å². The molecule has 0 unspecified atom stereocenters. The summed E-state index contributed by atoms with van der Waals surface area (Å²) in [5.41, 5.74) is 1.02. The van der Waals surface area contributed by atoms with Crippen LogP contribution in [0.5, 0.6) is 0 Å². The Labute approximate surface area is 113 Å². The van der Waals surface area contributed by atoms with Gasteiger partial charge in [0.2, 0.25) is 5.91 Å². The SMILES string of the molecule is CN(C(=O)CCc1ccccc1C(=O)O)C1CCC1. The fourth-order valence-corrected chi connectivity index (χ4v) is 2.34. The van der Waals surface area contributed by atoms with Crippen LogP contribution in [0.3, 0.4) is 0 Å². The van der Waals surface area contributed by atoms with Crippen LogP contribution >= 0.6 is 0 Å². The summed E-state index contributed by atoms with van der Waals surface area (Å²) >= 11 is 0. The Morgan fingerprint density at radius 1 is 1.32 bits per heavy atom. The predicted octanol–water partition coefficient (Wildman–Crippen LogP) is 2.33. The minimum Gasteiger partial charge on any atom is -0.478 e. The van der Waals surface area contributed by atoms with E-state index in [0.717, 1.165) is 18.4 Å². The molecule has 4 nitrogen and oxygen atoms in total. The topological polar surface area (TPSA) is 57.6 Å². The Morgan fingerprint density at radius 3 is 2.58 bits per heavy atom.